The van der Waals surface area contributed by atoms with E-state index in [2.05, 4.69) is 64.1 Å². The molecule has 4 atom stereocenters. The molecule has 304 valence electrons. The molecular weight excluding hydrogens is 889 g/mol. The molecule has 4 aliphatic heterocycles. The maximum Gasteiger partial charge on any atom is 0.475 e. The zero-order valence-corrected chi connectivity index (χ0v) is 47.8. The zero-order chi connectivity index (χ0) is 40.2. The molecule has 4 fully saturated rings. The molecule has 4 unspecified atom stereocenters. The maximum absolute atomic E-state index is 6.45. The second kappa shape index (κ2) is 16.2. The molecular formula is C26H62O15Si12. The summed E-state index contributed by atoms with van der Waals surface area (Å²) in [5.74, 6) is 0. The average Bonchev–Trinajstić information content (AvgIpc) is 2.93. The van der Waals surface area contributed by atoms with E-state index in [1.54, 1.807) is 60.0 Å². The van der Waals surface area contributed by atoms with Crippen LogP contribution in [0, 0.1) is 0 Å². The van der Waals surface area contributed by atoms with Crippen LogP contribution in [0.3, 0.4) is 0 Å². The summed E-state index contributed by atoms with van der Waals surface area (Å²) in [6.45, 7) is 30.9. The van der Waals surface area contributed by atoms with Crippen LogP contribution in [0.2, 0.25) is 91.7 Å². The van der Waals surface area contributed by atoms with Crippen molar-refractivity contribution >= 4 is 112 Å². The summed E-state index contributed by atoms with van der Waals surface area (Å²) in [6.07, 6.45) is 2.48. The minimum Gasteiger partial charge on any atom is -0.432 e. The highest BCUT2D eigenvalue weighted by molar-refractivity contribution is 6.99. The van der Waals surface area contributed by atoms with Crippen molar-refractivity contribution in [2.75, 3.05) is 14.2 Å². The number of benzene rings is 1. The molecule has 15 nitrogen and oxygen atoms in total. The van der Waals surface area contributed by atoms with Gasteiger partial charge in [0.2, 0.25) is 16.6 Å². The van der Waals surface area contributed by atoms with Gasteiger partial charge in [-0.15, -0.1) is 6.58 Å². The number of fused-ring (bicyclic) bond motifs is 5. The van der Waals surface area contributed by atoms with E-state index in [-0.39, 0.29) is 0 Å². The van der Waals surface area contributed by atoms with E-state index < -0.39 is 96.1 Å². The Hall–Kier alpha value is 0.963. The van der Waals surface area contributed by atoms with Crippen molar-refractivity contribution in [2.24, 2.45) is 0 Å². The molecule has 6 bridgehead atoms. The molecule has 4 heterocycles. The van der Waals surface area contributed by atoms with Gasteiger partial charge in [-0.1, -0.05) is 23.9 Å². The molecule has 27 heteroatoms. The van der Waals surface area contributed by atoms with E-state index in [1.807, 2.05) is 12.2 Å². The van der Waals surface area contributed by atoms with Crippen LogP contribution in [0.25, 0.3) is 0 Å². The van der Waals surface area contributed by atoms with Crippen molar-refractivity contribution < 1.29 is 62.3 Å². The van der Waals surface area contributed by atoms with E-state index in [4.69, 9.17) is 62.3 Å². The summed E-state index contributed by atoms with van der Waals surface area (Å²) in [5.41, 5.74) is 4.94. The largest absolute Gasteiger partial charge is 0.475 e. The van der Waals surface area contributed by atoms with Crippen LogP contribution in [-0.2, 0) is 75.2 Å². The zero-order valence-electron chi connectivity index (χ0n) is 34.6. The van der Waals surface area contributed by atoms with E-state index in [1.165, 1.54) is 29.2 Å². The molecule has 1 aliphatic carbocycles. The first-order valence-corrected chi connectivity index (χ1v) is 45.0. The molecule has 6 rings (SSSR count). The SMILES string of the molecule is C=C[Si](C)(C)OC.CO[Si](C)(C)O[Si](C)(C)c1ccc2c(c1)CC2.C[SiH]1O[Si]2(C)O[Si]3(C)O[Si](C)(O[SiH3])O[Si]4(C)O[Si](C)(O1)O[Si](C)(O2)O[Si](C)(O3)O4. The molecule has 0 aromatic heterocycles. The lowest BCUT2D eigenvalue weighted by atomic mass is 9.89. The van der Waals surface area contributed by atoms with E-state index in [0.29, 0.717) is 10.5 Å². The number of hydrogen-bond donors (Lipinski definition) is 0. The van der Waals surface area contributed by atoms with Gasteiger partial charge in [-0.2, -0.15) is 0 Å². The maximum atomic E-state index is 6.45. The fraction of sp³-hybridized carbons (Fsp3) is 0.692. The highest BCUT2D eigenvalue weighted by atomic mass is 28.6. The summed E-state index contributed by atoms with van der Waals surface area (Å²) in [7, 11) is -27.1. The second-order valence-electron chi connectivity index (χ2n) is 15.7. The summed E-state index contributed by atoms with van der Waals surface area (Å²) in [5, 5.41) is 1.40. The highest BCUT2D eigenvalue weighted by Crippen LogP contribution is 2.43. The molecule has 0 amide bonds. The first kappa shape index (κ1) is 46.7. The van der Waals surface area contributed by atoms with Crippen LogP contribution in [0.15, 0.2) is 30.5 Å². The van der Waals surface area contributed by atoms with Crippen molar-refractivity contribution in [3.63, 3.8) is 0 Å². The predicted octanol–water partition coefficient (Wildman–Crippen LogP) is 3.48. The monoisotopic (exact) mass is 950 g/mol. The smallest absolute Gasteiger partial charge is 0.432 e. The fourth-order valence-corrected chi connectivity index (χ4v) is 55.9. The summed E-state index contributed by atoms with van der Waals surface area (Å²) in [6, 6.07) is 6.88. The summed E-state index contributed by atoms with van der Waals surface area (Å²) in [4.78, 5) is 0. The van der Waals surface area contributed by atoms with E-state index in [0.717, 1.165) is 0 Å². The minimum atomic E-state index is -3.43. The third-order valence-electron chi connectivity index (χ3n) is 9.04. The Labute approximate surface area is 332 Å². The van der Waals surface area contributed by atoms with Crippen molar-refractivity contribution in [3.05, 3.63) is 41.6 Å². The van der Waals surface area contributed by atoms with Crippen LogP contribution in [0.1, 0.15) is 11.1 Å². The fourth-order valence-electron chi connectivity index (χ4n) is 6.52. The van der Waals surface area contributed by atoms with Gasteiger partial charge < -0.3 is 62.3 Å². The molecule has 1 aromatic rings. The highest BCUT2D eigenvalue weighted by Gasteiger charge is 2.73. The molecule has 5 aliphatic rings. The average molecular weight is 952 g/mol. The third kappa shape index (κ3) is 12.0. The number of hydrogen-bond acceptors (Lipinski definition) is 15. The molecule has 0 spiro atoms. The molecule has 53 heavy (non-hydrogen) atoms. The van der Waals surface area contributed by atoms with Gasteiger partial charge in [-0.3, -0.25) is 0 Å². The van der Waals surface area contributed by atoms with Gasteiger partial charge in [0.25, 0.3) is 0 Å². The summed E-state index contributed by atoms with van der Waals surface area (Å²) >= 11 is 0. The number of aryl methyl sites for hydroxylation is 2. The van der Waals surface area contributed by atoms with Crippen LogP contribution in [0.4, 0.5) is 0 Å². The summed E-state index contributed by atoms with van der Waals surface area (Å²) < 4.78 is 93.2. The van der Waals surface area contributed by atoms with Gasteiger partial charge >= 0.3 is 79.5 Å². The molecule has 0 radical (unpaired) electrons. The Balaban J connectivity index is 0.000000220. The molecule has 4 saturated heterocycles. The van der Waals surface area contributed by atoms with E-state index in [9.17, 15) is 0 Å². The number of rotatable bonds is 7. The Morgan fingerprint density at radius 1 is 0.660 bits per heavy atom. The lowest BCUT2D eigenvalue weighted by molar-refractivity contribution is 0.0154. The van der Waals surface area contributed by atoms with Crippen molar-refractivity contribution in [1.29, 1.82) is 0 Å². The second-order valence-corrected chi connectivity index (χ2v) is 51.4. The minimum absolute atomic E-state index is 0.389. The Morgan fingerprint density at radius 3 is 1.40 bits per heavy atom. The Bertz CT molecular complexity index is 1450. The van der Waals surface area contributed by atoms with Gasteiger partial charge in [0, 0.05) is 60.0 Å². The van der Waals surface area contributed by atoms with Gasteiger partial charge in [0.15, 0.2) is 0 Å². The van der Waals surface area contributed by atoms with Gasteiger partial charge in [0.05, 0.1) is 0 Å². The van der Waals surface area contributed by atoms with Crippen molar-refractivity contribution in [3.8, 4) is 0 Å². The standard InChI is InChI=1S/C13H22O2Si2.C8H28O12Si9.C5H12OSi/c1-14-17(4,5)15-16(2,3)13-9-8-11-6-7-12(11)10-13;1-22-10-24(3)14-26(5)12-23(2,9-21)13-27(6)15-25(4,11-22)17-28(7,16-24)20-29(8,18-26)19-27;1-5-7(3,4)6-2/h8-10H,6-7H2,1-5H3;22H,1-8,21H3;5H,1H2,2-4H3. The normalized spacial score (nSPS) is 39.6. The van der Waals surface area contributed by atoms with Crippen molar-refractivity contribution in [1.82, 2.24) is 0 Å². The Kier molecular flexibility index (Phi) is 14.3. The lowest BCUT2D eigenvalue weighted by Crippen LogP contribution is -2.81. The van der Waals surface area contributed by atoms with E-state index >= 15 is 0 Å². The first-order valence-electron chi connectivity index (χ1n) is 17.8. The molecule has 0 N–H and O–H groups in total. The quantitative estimate of drug-likeness (QED) is 0.369. The third-order valence-corrected chi connectivity index (χ3v) is 53.5. The van der Waals surface area contributed by atoms with Crippen LogP contribution >= 0.6 is 0 Å². The van der Waals surface area contributed by atoms with Gasteiger partial charge in [0.1, 0.15) is 10.5 Å². The first-order chi connectivity index (χ1) is 24.0. The van der Waals surface area contributed by atoms with Crippen LogP contribution in [-0.4, -0.2) is 121 Å². The molecule has 1 aromatic carbocycles. The molecule has 0 saturated carbocycles. The Morgan fingerprint density at radius 2 is 1.08 bits per heavy atom. The lowest BCUT2D eigenvalue weighted by Gasteiger charge is -2.56. The van der Waals surface area contributed by atoms with Crippen LogP contribution < -0.4 is 5.19 Å². The van der Waals surface area contributed by atoms with Gasteiger partial charge in [-0.05, 0) is 75.0 Å². The van der Waals surface area contributed by atoms with Gasteiger partial charge in [-0.25, -0.2) is 0 Å². The predicted molar refractivity (Wildman–Crippen MR) is 229 cm³/mol. The van der Waals surface area contributed by atoms with Crippen molar-refractivity contribution in [2.45, 2.75) is 104 Å². The van der Waals surface area contributed by atoms with Crippen LogP contribution in [0.5, 0.6) is 0 Å². The topological polar surface area (TPSA) is 138 Å².